The number of carbonyl (C=O) groups is 2. The molecule has 4 atom stereocenters. The van der Waals surface area contributed by atoms with Crippen molar-refractivity contribution in [2.24, 2.45) is 23.7 Å². The second kappa shape index (κ2) is 7.31. The van der Waals surface area contributed by atoms with E-state index in [1.54, 1.807) is 43.7 Å². The highest BCUT2D eigenvalue weighted by atomic mass is 16.5. The summed E-state index contributed by atoms with van der Waals surface area (Å²) in [5, 5.41) is 5.86. The molecule has 6 nitrogen and oxygen atoms in total. The molecule has 1 aromatic carbocycles. The number of fused-ring (bicyclic) bond motifs is 2. The Hall–Kier alpha value is -3.02. The molecule has 1 heterocycles. The highest BCUT2D eigenvalue weighted by Crippen LogP contribution is 2.48. The first-order valence-electron chi connectivity index (χ1n) is 9.09. The number of benzene rings is 1. The number of hydrogen-bond donors (Lipinski definition) is 2. The third-order valence-corrected chi connectivity index (χ3v) is 5.44. The van der Waals surface area contributed by atoms with Crippen molar-refractivity contribution in [2.45, 2.75) is 13.0 Å². The van der Waals surface area contributed by atoms with Crippen molar-refractivity contribution in [3.05, 3.63) is 60.6 Å². The third kappa shape index (κ3) is 3.47. The fraction of sp³-hybridized carbons (Fsp3) is 0.333. The number of ether oxygens (including phenoxy) is 1. The Labute approximate surface area is 157 Å². The fourth-order valence-corrected chi connectivity index (χ4v) is 4.14. The van der Waals surface area contributed by atoms with E-state index in [4.69, 9.17) is 9.15 Å². The maximum Gasteiger partial charge on any atom is 0.228 e. The number of methoxy groups -OCH3 is 1. The predicted molar refractivity (Wildman–Crippen MR) is 99.9 cm³/mol. The Morgan fingerprint density at radius 3 is 2.41 bits per heavy atom. The Bertz CT molecular complexity index is 842. The number of amides is 2. The summed E-state index contributed by atoms with van der Waals surface area (Å²) in [4.78, 5) is 25.7. The van der Waals surface area contributed by atoms with Crippen molar-refractivity contribution >= 4 is 17.5 Å². The molecule has 4 rings (SSSR count). The van der Waals surface area contributed by atoms with Gasteiger partial charge in [-0.15, -0.1) is 0 Å². The van der Waals surface area contributed by atoms with Gasteiger partial charge in [-0.3, -0.25) is 9.59 Å². The molecule has 2 aromatic rings. The van der Waals surface area contributed by atoms with E-state index in [2.05, 4.69) is 22.8 Å². The molecule has 2 N–H and O–H groups in total. The average molecular weight is 366 g/mol. The normalized spacial score (nSPS) is 25.4. The largest absolute Gasteiger partial charge is 0.497 e. The number of carbonyl (C=O) groups excluding carboxylic acids is 2. The molecule has 140 valence electrons. The molecule has 0 saturated heterocycles. The van der Waals surface area contributed by atoms with Gasteiger partial charge in [-0.25, -0.2) is 0 Å². The van der Waals surface area contributed by atoms with Crippen LogP contribution in [-0.2, 0) is 16.1 Å². The molecule has 2 amide bonds. The van der Waals surface area contributed by atoms with Crippen LogP contribution in [0.2, 0.25) is 0 Å². The van der Waals surface area contributed by atoms with Crippen molar-refractivity contribution in [3.8, 4) is 5.75 Å². The van der Waals surface area contributed by atoms with Gasteiger partial charge in [0.1, 0.15) is 11.5 Å². The van der Waals surface area contributed by atoms with Crippen LogP contribution in [0.25, 0.3) is 0 Å². The van der Waals surface area contributed by atoms with E-state index >= 15 is 0 Å². The van der Waals surface area contributed by atoms with Gasteiger partial charge in [0, 0.05) is 5.69 Å². The van der Waals surface area contributed by atoms with E-state index in [-0.39, 0.29) is 35.5 Å². The third-order valence-electron chi connectivity index (χ3n) is 5.44. The van der Waals surface area contributed by atoms with Gasteiger partial charge in [-0.05, 0) is 54.7 Å². The molecule has 27 heavy (non-hydrogen) atoms. The zero-order valence-corrected chi connectivity index (χ0v) is 15.1. The second-order valence-corrected chi connectivity index (χ2v) is 7.01. The average Bonchev–Trinajstić information content (AvgIpc) is 3.43. The monoisotopic (exact) mass is 366 g/mol. The van der Waals surface area contributed by atoms with Crippen LogP contribution in [0, 0.1) is 23.7 Å². The number of hydrogen-bond acceptors (Lipinski definition) is 4. The zero-order valence-electron chi connectivity index (χ0n) is 15.1. The minimum atomic E-state index is -0.362. The molecule has 0 aliphatic heterocycles. The van der Waals surface area contributed by atoms with E-state index in [9.17, 15) is 9.59 Å². The van der Waals surface area contributed by atoms with E-state index < -0.39 is 0 Å². The highest BCUT2D eigenvalue weighted by Gasteiger charge is 2.51. The standard InChI is InChI=1S/C21H22N2O4/c1-26-16-8-6-15(7-9-16)23-21(25)19-14-5-4-13(11-14)18(19)20(24)22-12-17-3-2-10-27-17/h2-10,13-14,18-19H,11-12H2,1H3,(H,22,24)(H,23,25)/t13-,14+,18-,19+/m0/s1. The molecule has 2 aliphatic carbocycles. The Balaban J connectivity index is 1.45. The highest BCUT2D eigenvalue weighted by molar-refractivity contribution is 5.97. The first-order chi connectivity index (χ1) is 13.2. The van der Waals surface area contributed by atoms with Crippen LogP contribution in [-0.4, -0.2) is 18.9 Å². The van der Waals surface area contributed by atoms with Crippen LogP contribution >= 0.6 is 0 Å². The first-order valence-corrected chi connectivity index (χ1v) is 9.09. The van der Waals surface area contributed by atoms with E-state index in [1.807, 2.05) is 6.07 Å². The van der Waals surface area contributed by atoms with Crippen LogP contribution in [0.15, 0.2) is 59.2 Å². The van der Waals surface area contributed by atoms with Gasteiger partial charge in [0.15, 0.2) is 0 Å². The van der Waals surface area contributed by atoms with Crippen LogP contribution < -0.4 is 15.4 Å². The molecule has 1 aromatic heterocycles. The summed E-state index contributed by atoms with van der Waals surface area (Å²) in [6.07, 6.45) is 6.56. The van der Waals surface area contributed by atoms with E-state index in [0.29, 0.717) is 18.0 Å². The summed E-state index contributed by atoms with van der Waals surface area (Å²) in [6.45, 7) is 0.330. The molecule has 0 unspecified atom stereocenters. The van der Waals surface area contributed by atoms with Crippen molar-refractivity contribution in [1.82, 2.24) is 5.32 Å². The molecule has 2 bridgehead atoms. The number of nitrogens with one attached hydrogen (secondary N) is 2. The minimum absolute atomic E-state index is 0.0990. The molecular weight excluding hydrogens is 344 g/mol. The molecule has 0 radical (unpaired) electrons. The molecular formula is C21H22N2O4. The molecule has 1 saturated carbocycles. The number of rotatable bonds is 6. The molecule has 1 fully saturated rings. The van der Waals surface area contributed by atoms with Crippen molar-refractivity contribution in [3.63, 3.8) is 0 Å². The van der Waals surface area contributed by atoms with Gasteiger partial charge < -0.3 is 19.8 Å². The lowest BCUT2D eigenvalue weighted by Gasteiger charge is -2.26. The summed E-state index contributed by atoms with van der Waals surface area (Å²) < 4.78 is 10.4. The number of furan rings is 1. The smallest absolute Gasteiger partial charge is 0.228 e. The molecule has 0 spiro atoms. The van der Waals surface area contributed by atoms with Gasteiger partial charge in [-0.1, -0.05) is 12.2 Å². The summed E-state index contributed by atoms with van der Waals surface area (Å²) in [5.74, 6) is 0.707. The molecule has 2 aliphatic rings. The van der Waals surface area contributed by atoms with Crippen LogP contribution in [0.4, 0.5) is 5.69 Å². The van der Waals surface area contributed by atoms with Crippen LogP contribution in [0.3, 0.4) is 0 Å². The van der Waals surface area contributed by atoms with Crippen molar-refractivity contribution in [2.75, 3.05) is 12.4 Å². The first kappa shape index (κ1) is 17.4. The van der Waals surface area contributed by atoms with E-state index in [0.717, 1.165) is 12.2 Å². The summed E-state index contributed by atoms with van der Waals surface area (Å²) >= 11 is 0. The SMILES string of the molecule is COc1ccc(NC(=O)[C@H]2[C@@H](C(=O)NCc3ccco3)[C@H]3C=C[C@@H]2C3)cc1. The Morgan fingerprint density at radius 2 is 1.78 bits per heavy atom. The fourth-order valence-electron chi connectivity index (χ4n) is 4.14. The Kier molecular flexibility index (Phi) is 4.71. The molecule has 6 heteroatoms. The summed E-state index contributed by atoms with van der Waals surface area (Å²) in [5.41, 5.74) is 0.697. The van der Waals surface area contributed by atoms with Crippen LogP contribution in [0.5, 0.6) is 5.75 Å². The number of allylic oxidation sites excluding steroid dienone is 2. The lowest BCUT2D eigenvalue weighted by atomic mass is 9.81. The van der Waals surface area contributed by atoms with Crippen molar-refractivity contribution in [1.29, 1.82) is 0 Å². The van der Waals surface area contributed by atoms with E-state index in [1.165, 1.54) is 0 Å². The van der Waals surface area contributed by atoms with Gasteiger partial charge in [0.2, 0.25) is 11.8 Å². The maximum atomic E-state index is 12.9. The number of anilines is 1. The zero-order chi connectivity index (χ0) is 18.8. The minimum Gasteiger partial charge on any atom is -0.497 e. The van der Waals surface area contributed by atoms with Crippen molar-refractivity contribution < 1.29 is 18.7 Å². The van der Waals surface area contributed by atoms with Crippen LogP contribution in [0.1, 0.15) is 12.2 Å². The Morgan fingerprint density at radius 1 is 1.07 bits per heavy atom. The summed E-state index contributed by atoms with van der Waals surface area (Å²) in [7, 11) is 1.60. The maximum absolute atomic E-state index is 12.9. The lowest BCUT2D eigenvalue weighted by Crippen LogP contribution is -2.41. The summed E-state index contributed by atoms with van der Waals surface area (Å²) in [6, 6.07) is 10.8. The van der Waals surface area contributed by atoms with Gasteiger partial charge in [0.25, 0.3) is 0 Å². The lowest BCUT2D eigenvalue weighted by molar-refractivity contribution is -0.133. The van der Waals surface area contributed by atoms with Gasteiger partial charge in [-0.2, -0.15) is 0 Å². The quantitative estimate of drug-likeness (QED) is 0.770. The predicted octanol–water partition coefficient (Wildman–Crippen LogP) is 2.98. The van der Waals surface area contributed by atoms with Gasteiger partial charge >= 0.3 is 0 Å². The topological polar surface area (TPSA) is 80.6 Å². The second-order valence-electron chi connectivity index (χ2n) is 7.01. The van der Waals surface area contributed by atoms with Gasteiger partial charge in [0.05, 0.1) is 31.8 Å².